The van der Waals surface area contributed by atoms with Crippen molar-refractivity contribution >= 4 is 40.8 Å². The Labute approximate surface area is 199 Å². The molecule has 1 aromatic heterocycles. The third-order valence-corrected chi connectivity index (χ3v) is 5.31. The van der Waals surface area contributed by atoms with Crippen LogP contribution in [0.3, 0.4) is 0 Å². The maximum Gasteiger partial charge on any atom is 0.305 e. The number of carbonyl (C=O) groups is 2. The molecule has 0 saturated carbocycles. The highest BCUT2D eigenvalue weighted by molar-refractivity contribution is 6.37. The van der Waals surface area contributed by atoms with Crippen molar-refractivity contribution in [2.75, 3.05) is 11.4 Å². The number of halogens is 2. The van der Waals surface area contributed by atoms with Crippen LogP contribution in [-0.2, 0) is 4.79 Å². The Kier molecular flexibility index (Phi) is 7.73. The maximum absolute atomic E-state index is 13.1. The number of ether oxygens (including phenoxy) is 1. The number of carboxylic acid groups (broad SMARTS) is 1. The number of benzene rings is 2. The number of aromatic amines is 1. The Morgan fingerprint density at radius 1 is 1.12 bits per heavy atom. The van der Waals surface area contributed by atoms with Gasteiger partial charge in [0.25, 0.3) is 11.5 Å². The number of rotatable bonds is 8. The van der Waals surface area contributed by atoms with Crippen LogP contribution in [0, 0.1) is 0 Å². The van der Waals surface area contributed by atoms with Gasteiger partial charge in [-0.1, -0.05) is 55.2 Å². The molecule has 0 aliphatic carbocycles. The second-order valence-electron chi connectivity index (χ2n) is 7.45. The molecule has 0 aliphatic rings. The minimum Gasteiger partial charge on any atom is -0.481 e. The number of anilines is 1. The second kappa shape index (κ2) is 10.5. The minimum atomic E-state index is -1.05. The summed E-state index contributed by atoms with van der Waals surface area (Å²) in [7, 11) is 0. The molecule has 0 saturated heterocycles. The number of hydrogen-bond acceptors (Lipinski definition) is 5. The van der Waals surface area contributed by atoms with Crippen LogP contribution in [0.4, 0.5) is 5.69 Å². The van der Waals surface area contributed by atoms with E-state index in [2.05, 4.69) is 10.2 Å². The monoisotopic (exact) mass is 489 g/mol. The van der Waals surface area contributed by atoms with Crippen molar-refractivity contribution in [1.82, 2.24) is 10.2 Å². The lowest BCUT2D eigenvalue weighted by atomic mass is 10.1. The average molecular weight is 490 g/mol. The van der Waals surface area contributed by atoms with E-state index in [1.54, 1.807) is 30.3 Å². The smallest absolute Gasteiger partial charge is 0.305 e. The zero-order chi connectivity index (χ0) is 24.1. The van der Waals surface area contributed by atoms with Crippen LogP contribution in [0.1, 0.15) is 42.1 Å². The molecule has 0 atom stereocenters. The third kappa shape index (κ3) is 5.91. The molecular formula is C23H21Cl2N3O5. The summed E-state index contributed by atoms with van der Waals surface area (Å²) in [5.74, 6) is -1.33. The summed E-state index contributed by atoms with van der Waals surface area (Å²) in [6, 6.07) is 12.9. The van der Waals surface area contributed by atoms with Crippen LogP contribution < -0.4 is 15.2 Å². The second-order valence-corrected chi connectivity index (χ2v) is 8.27. The van der Waals surface area contributed by atoms with Gasteiger partial charge in [0.2, 0.25) is 5.88 Å². The molecule has 0 bridgehead atoms. The van der Waals surface area contributed by atoms with E-state index in [0.29, 0.717) is 16.8 Å². The van der Waals surface area contributed by atoms with Crippen LogP contribution in [0.5, 0.6) is 11.6 Å². The van der Waals surface area contributed by atoms with E-state index in [9.17, 15) is 14.4 Å². The highest BCUT2D eigenvalue weighted by Crippen LogP contribution is 2.39. The molecule has 33 heavy (non-hydrogen) atoms. The van der Waals surface area contributed by atoms with Crippen molar-refractivity contribution < 1.29 is 19.4 Å². The number of nitrogens with zero attached hydrogens (tertiary/aromatic N) is 2. The lowest BCUT2D eigenvalue weighted by molar-refractivity contribution is -0.136. The molecule has 0 unspecified atom stereocenters. The number of hydrogen-bond donors (Lipinski definition) is 2. The van der Waals surface area contributed by atoms with E-state index in [1.165, 1.54) is 23.1 Å². The highest BCUT2D eigenvalue weighted by Gasteiger charge is 2.22. The number of carboxylic acids is 1. The van der Waals surface area contributed by atoms with Gasteiger partial charge in [-0.05, 0) is 30.2 Å². The van der Waals surface area contributed by atoms with Gasteiger partial charge in [-0.15, -0.1) is 5.10 Å². The Balaban J connectivity index is 1.96. The number of aliphatic carboxylic acids is 1. The molecule has 3 aromatic rings. The largest absolute Gasteiger partial charge is 0.481 e. The zero-order valence-corrected chi connectivity index (χ0v) is 19.4. The van der Waals surface area contributed by atoms with Crippen molar-refractivity contribution in [2.24, 2.45) is 0 Å². The van der Waals surface area contributed by atoms with E-state index in [4.69, 9.17) is 33.0 Å². The summed E-state index contributed by atoms with van der Waals surface area (Å²) in [5.41, 5.74) is 0.856. The Hall–Kier alpha value is -3.36. The SMILES string of the molecule is CC(C)c1cc(Oc2c(Cl)cc(N(CCC(=O)O)C(=O)c3ccccc3)cc2Cl)n[nH]c1=O. The third-order valence-electron chi connectivity index (χ3n) is 4.75. The van der Waals surface area contributed by atoms with Gasteiger partial charge in [0.1, 0.15) is 0 Å². The number of amides is 1. The predicted octanol–water partition coefficient (Wildman–Crippen LogP) is 5.11. The number of aromatic nitrogens is 2. The summed E-state index contributed by atoms with van der Waals surface area (Å²) < 4.78 is 5.72. The number of carbonyl (C=O) groups excluding carboxylic acids is 1. The first-order chi connectivity index (χ1) is 15.7. The fourth-order valence-corrected chi connectivity index (χ4v) is 3.63. The van der Waals surface area contributed by atoms with Crippen LogP contribution in [-0.4, -0.2) is 33.7 Å². The van der Waals surface area contributed by atoms with Gasteiger partial charge in [0.15, 0.2) is 5.75 Å². The van der Waals surface area contributed by atoms with Gasteiger partial charge in [-0.3, -0.25) is 14.4 Å². The fourth-order valence-electron chi connectivity index (χ4n) is 3.08. The molecule has 1 amide bonds. The van der Waals surface area contributed by atoms with Crippen LogP contribution in [0.25, 0.3) is 0 Å². The van der Waals surface area contributed by atoms with Crippen LogP contribution in [0.15, 0.2) is 53.3 Å². The normalized spacial score (nSPS) is 10.8. The molecule has 0 aliphatic heterocycles. The minimum absolute atomic E-state index is 0.0563. The Morgan fingerprint density at radius 3 is 2.33 bits per heavy atom. The van der Waals surface area contributed by atoms with E-state index in [1.807, 2.05) is 13.8 Å². The summed E-state index contributed by atoms with van der Waals surface area (Å²) >= 11 is 12.8. The molecule has 0 radical (unpaired) electrons. The fraction of sp³-hybridized carbons (Fsp3) is 0.217. The Bertz CT molecular complexity index is 1210. The molecule has 0 spiro atoms. The molecule has 8 nitrogen and oxygen atoms in total. The first-order valence-electron chi connectivity index (χ1n) is 10.0. The van der Waals surface area contributed by atoms with Gasteiger partial charge < -0.3 is 14.7 Å². The van der Waals surface area contributed by atoms with Crippen LogP contribution in [0.2, 0.25) is 10.0 Å². The van der Waals surface area contributed by atoms with Gasteiger partial charge in [-0.2, -0.15) is 0 Å². The van der Waals surface area contributed by atoms with Gasteiger partial charge in [0.05, 0.1) is 16.5 Å². The zero-order valence-electron chi connectivity index (χ0n) is 17.8. The molecule has 2 aromatic carbocycles. The van der Waals surface area contributed by atoms with E-state index in [-0.39, 0.29) is 46.1 Å². The molecule has 2 N–H and O–H groups in total. The summed E-state index contributed by atoms with van der Waals surface area (Å²) in [6.07, 6.45) is -0.272. The topological polar surface area (TPSA) is 113 Å². The van der Waals surface area contributed by atoms with E-state index >= 15 is 0 Å². The van der Waals surface area contributed by atoms with Crippen LogP contribution >= 0.6 is 23.2 Å². The van der Waals surface area contributed by atoms with Crippen molar-refractivity contribution in [1.29, 1.82) is 0 Å². The average Bonchev–Trinajstić information content (AvgIpc) is 2.77. The van der Waals surface area contributed by atoms with Crippen molar-refractivity contribution in [2.45, 2.75) is 26.2 Å². The van der Waals surface area contributed by atoms with Gasteiger partial charge >= 0.3 is 5.97 Å². The molecular weight excluding hydrogens is 469 g/mol. The number of nitrogens with one attached hydrogen (secondary N) is 1. The maximum atomic E-state index is 13.1. The quantitative estimate of drug-likeness (QED) is 0.454. The molecule has 0 fully saturated rings. The molecule has 10 heteroatoms. The molecule has 1 heterocycles. The van der Waals surface area contributed by atoms with E-state index in [0.717, 1.165) is 0 Å². The summed E-state index contributed by atoms with van der Waals surface area (Å²) in [4.78, 5) is 37.4. The molecule has 172 valence electrons. The standard InChI is InChI=1S/C23H21Cl2N3O5/c1-13(2)16-12-19(26-27-22(16)31)33-21-17(24)10-15(11-18(21)25)28(9-8-20(29)30)23(32)14-6-4-3-5-7-14/h3-7,10-13H,8-9H2,1-2H3,(H,27,31)(H,29,30). The van der Waals surface area contributed by atoms with Crippen molar-refractivity contribution in [3.63, 3.8) is 0 Å². The molecule has 3 rings (SSSR count). The predicted molar refractivity (Wildman–Crippen MR) is 126 cm³/mol. The van der Waals surface area contributed by atoms with Crippen molar-refractivity contribution in [3.05, 3.63) is 80.1 Å². The lowest BCUT2D eigenvalue weighted by Gasteiger charge is -2.23. The Morgan fingerprint density at radius 2 is 1.76 bits per heavy atom. The summed E-state index contributed by atoms with van der Waals surface area (Å²) in [5, 5.41) is 15.5. The number of H-pyrrole nitrogens is 1. The first kappa shape index (κ1) is 24.3. The lowest BCUT2D eigenvalue weighted by Crippen LogP contribution is -2.33. The highest BCUT2D eigenvalue weighted by atomic mass is 35.5. The van der Waals surface area contributed by atoms with Gasteiger partial charge in [0, 0.05) is 29.4 Å². The first-order valence-corrected chi connectivity index (χ1v) is 10.8. The summed E-state index contributed by atoms with van der Waals surface area (Å²) in [6.45, 7) is 3.63. The van der Waals surface area contributed by atoms with Crippen molar-refractivity contribution in [3.8, 4) is 11.6 Å². The van der Waals surface area contributed by atoms with E-state index < -0.39 is 11.9 Å². The van der Waals surface area contributed by atoms with Gasteiger partial charge in [-0.25, -0.2) is 5.10 Å².